The average molecular weight is 239 g/mol. The molecule has 92 valence electrons. The summed E-state index contributed by atoms with van der Waals surface area (Å²) in [6.07, 6.45) is 1.24. The van der Waals surface area contributed by atoms with Gasteiger partial charge < -0.3 is 9.84 Å². The highest BCUT2D eigenvalue weighted by Crippen LogP contribution is 2.04. The van der Waals surface area contributed by atoms with Crippen LogP contribution in [0.4, 0.5) is 0 Å². The first kappa shape index (κ1) is 14.8. The lowest BCUT2D eigenvalue weighted by atomic mass is 10.5. The zero-order valence-corrected chi connectivity index (χ0v) is 10.3. The Hall–Kier alpha value is -0.170. The van der Waals surface area contributed by atoms with Gasteiger partial charge in [-0.2, -0.15) is 4.31 Å². The molecule has 0 aliphatic rings. The van der Waals surface area contributed by atoms with Crippen LogP contribution >= 0.6 is 0 Å². The first-order valence-electron chi connectivity index (χ1n) is 5.16. The second-order valence-corrected chi connectivity index (χ2v) is 5.37. The maximum Gasteiger partial charge on any atom is 0.214 e. The molecular weight excluding hydrogens is 218 g/mol. The summed E-state index contributed by atoms with van der Waals surface area (Å²) in [5, 5.41) is 8.77. The zero-order chi connectivity index (χ0) is 11.7. The highest BCUT2D eigenvalue weighted by atomic mass is 32.2. The Morgan fingerprint density at radius 2 is 2.00 bits per heavy atom. The number of aliphatic hydroxyl groups excluding tert-OH is 1. The topological polar surface area (TPSA) is 66.8 Å². The Labute approximate surface area is 92.1 Å². The molecule has 0 saturated heterocycles. The molecule has 0 radical (unpaired) electrons. The average Bonchev–Trinajstić information content (AvgIpc) is 2.18. The van der Waals surface area contributed by atoms with Gasteiger partial charge in [0.1, 0.15) is 0 Å². The number of methoxy groups -OCH3 is 1. The van der Waals surface area contributed by atoms with E-state index in [2.05, 4.69) is 0 Å². The van der Waals surface area contributed by atoms with E-state index < -0.39 is 10.0 Å². The van der Waals surface area contributed by atoms with E-state index in [1.54, 1.807) is 7.11 Å². The van der Waals surface area contributed by atoms with Crippen LogP contribution in [0, 0.1) is 0 Å². The molecule has 0 heterocycles. The molecule has 0 saturated carbocycles. The first-order chi connectivity index (χ1) is 7.08. The molecule has 6 heteroatoms. The van der Waals surface area contributed by atoms with Crippen LogP contribution in [0.2, 0.25) is 0 Å². The number of aliphatic hydroxyl groups is 1. The second-order valence-electron chi connectivity index (χ2n) is 3.29. The molecule has 0 aliphatic heterocycles. The fourth-order valence-corrected chi connectivity index (χ4v) is 2.83. The molecular formula is C9H21NO4S. The lowest BCUT2D eigenvalue weighted by Gasteiger charge is -2.20. The molecule has 0 aromatic heterocycles. The Balaban J connectivity index is 4.22. The maximum absolute atomic E-state index is 11.7. The van der Waals surface area contributed by atoms with Crippen LogP contribution in [0.5, 0.6) is 0 Å². The summed E-state index contributed by atoms with van der Waals surface area (Å²) in [6, 6.07) is 0. The van der Waals surface area contributed by atoms with Crippen molar-refractivity contribution in [2.45, 2.75) is 19.8 Å². The molecule has 5 nitrogen and oxygen atoms in total. The minimum atomic E-state index is -3.23. The summed E-state index contributed by atoms with van der Waals surface area (Å²) in [6.45, 7) is 2.87. The molecule has 0 atom stereocenters. The minimum Gasteiger partial charge on any atom is -0.395 e. The summed E-state index contributed by atoms with van der Waals surface area (Å²) in [5.41, 5.74) is 0. The fraction of sp³-hybridized carbons (Fsp3) is 1.00. The Morgan fingerprint density at radius 1 is 1.33 bits per heavy atom. The van der Waals surface area contributed by atoms with E-state index in [0.29, 0.717) is 19.6 Å². The van der Waals surface area contributed by atoms with E-state index in [-0.39, 0.29) is 18.9 Å². The van der Waals surface area contributed by atoms with Gasteiger partial charge in [0.2, 0.25) is 10.0 Å². The number of nitrogens with zero attached hydrogens (tertiary/aromatic N) is 1. The molecule has 0 amide bonds. The van der Waals surface area contributed by atoms with Crippen LogP contribution in [-0.2, 0) is 14.8 Å². The number of hydrogen-bond acceptors (Lipinski definition) is 4. The highest BCUT2D eigenvalue weighted by Gasteiger charge is 2.19. The lowest BCUT2D eigenvalue weighted by molar-refractivity contribution is 0.199. The first-order valence-corrected chi connectivity index (χ1v) is 6.77. The van der Waals surface area contributed by atoms with E-state index in [1.165, 1.54) is 4.31 Å². The van der Waals surface area contributed by atoms with Crippen molar-refractivity contribution in [1.82, 2.24) is 4.31 Å². The van der Waals surface area contributed by atoms with Crippen molar-refractivity contribution < 1.29 is 18.3 Å². The molecule has 0 spiro atoms. The van der Waals surface area contributed by atoms with Crippen LogP contribution in [0.25, 0.3) is 0 Å². The summed E-state index contributed by atoms with van der Waals surface area (Å²) in [5.74, 6) is 0.0842. The van der Waals surface area contributed by atoms with Crippen LogP contribution in [0.3, 0.4) is 0 Å². The van der Waals surface area contributed by atoms with E-state index >= 15 is 0 Å². The second kappa shape index (κ2) is 8.04. The van der Waals surface area contributed by atoms with Crippen molar-refractivity contribution in [2.75, 3.05) is 39.2 Å². The quantitative estimate of drug-likeness (QED) is 0.578. The van der Waals surface area contributed by atoms with Crippen LogP contribution in [0.1, 0.15) is 19.8 Å². The monoisotopic (exact) mass is 239 g/mol. The van der Waals surface area contributed by atoms with Crippen molar-refractivity contribution in [1.29, 1.82) is 0 Å². The summed E-state index contributed by atoms with van der Waals surface area (Å²) >= 11 is 0. The normalized spacial score (nSPS) is 12.3. The van der Waals surface area contributed by atoms with Gasteiger partial charge in [-0.1, -0.05) is 6.92 Å². The molecule has 15 heavy (non-hydrogen) atoms. The minimum absolute atomic E-state index is 0.0842. The number of ether oxygens (including phenoxy) is 1. The highest BCUT2D eigenvalue weighted by molar-refractivity contribution is 7.89. The SMILES string of the molecule is CCCN(CCO)S(=O)(=O)CCCOC. The maximum atomic E-state index is 11.7. The summed E-state index contributed by atoms with van der Waals surface area (Å²) in [4.78, 5) is 0. The van der Waals surface area contributed by atoms with E-state index in [4.69, 9.17) is 9.84 Å². The van der Waals surface area contributed by atoms with Crippen molar-refractivity contribution in [2.24, 2.45) is 0 Å². The molecule has 1 N–H and O–H groups in total. The van der Waals surface area contributed by atoms with Gasteiger partial charge in [0.05, 0.1) is 12.4 Å². The largest absolute Gasteiger partial charge is 0.395 e. The summed E-state index contributed by atoms with van der Waals surface area (Å²) in [7, 11) is -1.68. The molecule has 0 aromatic carbocycles. The van der Waals surface area contributed by atoms with Gasteiger partial charge in [-0.05, 0) is 12.8 Å². The fourth-order valence-electron chi connectivity index (χ4n) is 1.27. The van der Waals surface area contributed by atoms with Crippen molar-refractivity contribution in [3.05, 3.63) is 0 Å². The van der Waals surface area contributed by atoms with Gasteiger partial charge in [0.15, 0.2) is 0 Å². The third-order valence-corrected chi connectivity index (χ3v) is 3.92. The van der Waals surface area contributed by atoms with Gasteiger partial charge in [0.25, 0.3) is 0 Å². The third kappa shape index (κ3) is 6.09. The van der Waals surface area contributed by atoms with Gasteiger partial charge in [0, 0.05) is 26.8 Å². The van der Waals surface area contributed by atoms with E-state index in [0.717, 1.165) is 6.42 Å². The Bertz CT molecular complexity index is 234. The predicted octanol–water partition coefficient (Wildman–Crippen LogP) is 0.0570. The third-order valence-electron chi connectivity index (χ3n) is 1.97. The lowest BCUT2D eigenvalue weighted by Crippen LogP contribution is -2.36. The smallest absolute Gasteiger partial charge is 0.214 e. The van der Waals surface area contributed by atoms with E-state index in [1.807, 2.05) is 6.92 Å². The molecule has 0 unspecified atom stereocenters. The van der Waals surface area contributed by atoms with Crippen LogP contribution < -0.4 is 0 Å². The standard InChI is InChI=1S/C9H21NO4S/c1-3-5-10(6-7-11)15(12,13)9-4-8-14-2/h11H,3-9H2,1-2H3. The van der Waals surface area contributed by atoms with Crippen molar-refractivity contribution in [3.8, 4) is 0 Å². The molecule has 0 rings (SSSR count). The van der Waals surface area contributed by atoms with Crippen LogP contribution in [0.15, 0.2) is 0 Å². The van der Waals surface area contributed by atoms with Gasteiger partial charge in [-0.15, -0.1) is 0 Å². The molecule has 0 aliphatic carbocycles. The number of rotatable bonds is 9. The summed E-state index contributed by atoms with van der Waals surface area (Å²) < 4.78 is 29.6. The van der Waals surface area contributed by atoms with Crippen molar-refractivity contribution >= 4 is 10.0 Å². The number of sulfonamides is 1. The predicted molar refractivity (Wildman–Crippen MR) is 59.2 cm³/mol. The van der Waals surface area contributed by atoms with Gasteiger partial charge in [-0.3, -0.25) is 0 Å². The van der Waals surface area contributed by atoms with Gasteiger partial charge in [-0.25, -0.2) is 8.42 Å². The Kier molecular flexibility index (Phi) is 7.95. The zero-order valence-electron chi connectivity index (χ0n) is 9.48. The molecule has 0 aromatic rings. The number of hydrogen-bond donors (Lipinski definition) is 1. The Morgan fingerprint density at radius 3 is 2.47 bits per heavy atom. The van der Waals surface area contributed by atoms with Gasteiger partial charge >= 0.3 is 0 Å². The molecule has 0 fully saturated rings. The molecule has 0 bridgehead atoms. The van der Waals surface area contributed by atoms with E-state index in [9.17, 15) is 8.42 Å². The van der Waals surface area contributed by atoms with Crippen LogP contribution in [-0.4, -0.2) is 57.0 Å². The van der Waals surface area contributed by atoms with Crippen molar-refractivity contribution in [3.63, 3.8) is 0 Å².